The number of carbonyl (C=O) groups is 2. The van der Waals surface area contributed by atoms with Crippen LogP contribution in [0, 0.1) is 5.92 Å². The summed E-state index contributed by atoms with van der Waals surface area (Å²) in [4.78, 5) is 23.3. The minimum absolute atomic E-state index is 0.0811. The number of rotatable bonds is 3. The van der Waals surface area contributed by atoms with Crippen molar-refractivity contribution in [3.8, 4) is 0 Å². The summed E-state index contributed by atoms with van der Waals surface area (Å²) in [5.41, 5.74) is 0. The molecule has 0 spiro atoms. The lowest BCUT2D eigenvalue weighted by molar-refractivity contribution is -0.143. The number of aliphatic carboxylic acids is 1. The van der Waals surface area contributed by atoms with Crippen LogP contribution in [0.4, 0.5) is 0 Å². The van der Waals surface area contributed by atoms with E-state index in [1.54, 1.807) is 0 Å². The molecule has 1 aliphatic rings. The second-order valence-electron chi connectivity index (χ2n) is 3.65. The van der Waals surface area contributed by atoms with Crippen molar-refractivity contribution in [3.05, 3.63) is 0 Å². The van der Waals surface area contributed by atoms with E-state index in [2.05, 4.69) is 5.32 Å². The summed E-state index contributed by atoms with van der Waals surface area (Å²) in [6, 6.07) is 0. The molecule has 0 aromatic carbocycles. The number of likely N-dealkylation sites (tertiary alicyclic amines) is 1. The first kappa shape index (κ1) is 11.0. The zero-order valence-electron chi connectivity index (χ0n) is 8.32. The Morgan fingerprint density at radius 3 is 2.86 bits per heavy atom. The fraction of sp³-hybridized carbons (Fsp3) is 0.778. The monoisotopic (exact) mass is 200 g/mol. The fourth-order valence-corrected chi connectivity index (χ4v) is 1.62. The third kappa shape index (κ3) is 3.33. The smallest absolute Gasteiger partial charge is 0.307 e. The molecule has 0 saturated carbocycles. The van der Waals surface area contributed by atoms with Gasteiger partial charge in [0.05, 0.1) is 12.6 Å². The Kier molecular flexibility index (Phi) is 3.88. The van der Waals surface area contributed by atoms with Crippen LogP contribution in [0.5, 0.6) is 0 Å². The first-order valence-corrected chi connectivity index (χ1v) is 4.79. The Morgan fingerprint density at radius 2 is 2.29 bits per heavy atom. The highest BCUT2D eigenvalue weighted by Crippen LogP contribution is 2.15. The molecule has 0 radical (unpaired) electrons. The van der Waals surface area contributed by atoms with E-state index in [4.69, 9.17) is 5.11 Å². The summed E-state index contributed by atoms with van der Waals surface area (Å²) < 4.78 is 0. The van der Waals surface area contributed by atoms with E-state index in [0.717, 1.165) is 19.4 Å². The summed E-state index contributed by atoms with van der Waals surface area (Å²) in [5, 5.41) is 11.5. The van der Waals surface area contributed by atoms with Gasteiger partial charge >= 0.3 is 5.97 Å². The summed E-state index contributed by atoms with van der Waals surface area (Å²) >= 11 is 0. The van der Waals surface area contributed by atoms with E-state index >= 15 is 0 Å². The molecule has 1 unspecified atom stereocenters. The van der Waals surface area contributed by atoms with Gasteiger partial charge in [0.1, 0.15) is 0 Å². The highest BCUT2D eigenvalue weighted by Gasteiger charge is 2.24. The molecule has 1 saturated heterocycles. The van der Waals surface area contributed by atoms with Gasteiger partial charge in [0, 0.05) is 13.5 Å². The number of amides is 1. The van der Waals surface area contributed by atoms with Gasteiger partial charge < -0.3 is 10.4 Å². The summed E-state index contributed by atoms with van der Waals surface area (Å²) in [6.45, 7) is 3.32. The lowest BCUT2D eigenvalue weighted by atomic mass is 9.99. The quantitative estimate of drug-likeness (QED) is 0.666. The molecular formula is C9H16N2O3. The van der Waals surface area contributed by atoms with Gasteiger partial charge in [-0.1, -0.05) is 0 Å². The van der Waals surface area contributed by atoms with Crippen LogP contribution in [0.1, 0.15) is 19.8 Å². The minimum Gasteiger partial charge on any atom is -0.481 e. The van der Waals surface area contributed by atoms with Crippen LogP contribution in [0.2, 0.25) is 0 Å². The van der Waals surface area contributed by atoms with Crippen LogP contribution in [-0.2, 0) is 9.59 Å². The molecule has 5 nitrogen and oxygen atoms in total. The number of hydrogen-bond donors (Lipinski definition) is 2. The topological polar surface area (TPSA) is 69.6 Å². The predicted molar refractivity (Wildman–Crippen MR) is 50.6 cm³/mol. The van der Waals surface area contributed by atoms with Gasteiger partial charge in [-0.25, -0.2) is 0 Å². The van der Waals surface area contributed by atoms with E-state index in [0.29, 0.717) is 13.2 Å². The van der Waals surface area contributed by atoms with Crippen LogP contribution in [0.25, 0.3) is 0 Å². The number of piperidine rings is 1. The molecule has 5 heteroatoms. The van der Waals surface area contributed by atoms with Crippen molar-refractivity contribution in [1.82, 2.24) is 10.2 Å². The molecule has 0 aliphatic carbocycles. The molecule has 0 aromatic heterocycles. The van der Waals surface area contributed by atoms with Crippen molar-refractivity contribution in [2.24, 2.45) is 5.92 Å². The summed E-state index contributed by atoms with van der Waals surface area (Å²) in [5.74, 6) is -1.10. The molecule has 14 heavy (non-hydrogen) atoms. The molecule has 1 aliphatic heterocycles. The first-order valence-electron chi connectivity index (χ1n) is 4.79. The third-order valence-electron chi connectivity index (χ3n) is 2.41. The molecule has 1 atom stereocenters. The maximum absolute atomic E-state index is 10.7. The van der Waals surface area contributed by atoms with Crippen LogP contribution in [0.15, 0.2) is 0 Å². The van der Waals surface area contributed by atoms with Crippen LogP contribution < -0.4 is 5.32 Å². The molecular weight excluding hydrogens is 184 g/mol. The highest BCUT2D eigenvalue weighted by molar-refractivity contribution is 5.72. The van der Waals surface area contributed by atoms with Gasteiger partial charge in [-0.05, 0) is 19.4 Å². The van der Waals surface area contributed by atoms with E-state index in [1.165, 1.54) is 6.92 Å². The van der Waals surface area contributed by atoms with Crippen LogP contribution in [0.3, 0.4) is 0 Å². The van der Waals surface area contributed by atoms with E-state index in [9.17, 15) is 9.59 Å². The van der Waals surface area contributed by atoms with Crippen molar-refractivity contribution in [2.45, 2.75) is 19.8 Å². The number of nitrogens with one attached hydrogen (secondary N) is 1. The maximum atomic E-state index is 10.7. The van der Waals surface area contributed by atoms with Gasteiger partial charge in [-0.3, -0.25) is 14.5 Å². The second kappa shape index (κ2) is 4.95. The van der Waals surface area contributed by atoms with Crippen molar-refractivity contribution in [3.63, 3.8) is 0 Å². The van der Waals surface area contributed by atoms with Crippen LogP contribution in [-0.4, -0.2) is 41.6 Å². The highest BCUT2D eigenvalue weighted by atomic mass is 16.4. The Bertz CT molecular complexity index is 230. The van der Waals surface area contributed by atoms with Gasteiger partial charge in [0.25, 0.3) is 0 Å². The standard InChI is InChI=1S/C9H16N2O3/c1-7(12)10-6-11-4-2-3-8(5-11)9(13)14/h8H,2-6H2,1H3,(H,10,12)(H,13,14). The normalized spacial score (nSPS) is 23.1. The average Bonchev–Trinajstić information content (AvgIpc) is 2.15. The lowest BCUT2D eigenvalue weighted by Gasteiger charge is -2.30. The fourth-order valence-electron chi connectivity index (χ4n) is 1.62. The van der Waals surface area contributed by atoms with E-state index < -0.39 is 5.97 Å². The molecule has 1 rings (SSSR count). The zero-order valence-corrected chi connectivity index (χ0v) is 8.32. The Hall–Kier alpha value is -1.10. The SMILES string of the molecule is CC(=O)NCN1CCCC(C(=O)O)C1. The lowest BCUT2D eigenvalue weighted by Crippen LogP contribution is -2.44. The molecule has 1 fully saturated rings. The number of carboxylic acids is 1. The maximum Gasteiger partial charge on any atom is 0.307 e. The summed E-state index contributed by atoms with van der Waals surface area (Å²) in [7, 11) is 0. The van der Waals surface area contributed by atoms with E-state index in [1.807, 2.05) is 4.90 Å². The molecule has 1 heterocycles. The number of nitrogens with zero attached hydrogens (tertiary/aromatic N) is 1. The van der Waals surface area contributed by atoms with Gasteiger partial charge in [0.2, 0.25) is 5.91 Å². The van der Waals surface area contributed by atoms with Gasteiger partial charge in [-0.15, -0.1) is 0 Å². The second-order valence-corrected chi connectivity index (χ2v) is 3.65. The average molecular weight is 200 g/mol. The van der Waals surface area contributed by atoms with E-state index in [-0.39, 0.29) is 11.8 Å². The van der Waals surface area contributed by atoms with Crippen molar-refractivity contribution < 1.29 is 14.7 Å². The van der Waals surface area contributed by atoms with Gasteiger partial charge in [-0.2, -0.15) is 0 Å². The van der Waals surface area contributed by atoms with Crippen molar-refractivity contribution in [1.29, 1.82) is 0 Å². The Labute approximate surface area is 83.1 Å². The van der Waals surface area contributed by atoms with Gasteiger partial charge in [0.15, 0.2) is 0 Å². The zero-order chi connectivity index (χ0) is 10.6. The number of carbonyl (C=O) groups excluding carboxylic acids is 1. The Balaban J connectivity index is 2.32. The van der Waals surface area contributed by atoms with Crippen LogP contribution >= 0.6 is 0 Å². The number of carboxylic acid groups (broad SMARTS) is 1. The van der Waals surface area contributed by atoms with Crippen molar-refractivity contribution in [2.75, 3.05) is 19.8 Å². The minimum atomic E-state index is -0.738. The largest absolute Gasteiger partial charge is 0.481 e. The Morgan fingerprint density at radius 1 is 1.57 bits per heavy atom. The third-order valence-corrected chi connectivity index (χ3v) is 2.41. The molecule has 1 amide bonds. The molecule has 0 bridgehead atoms. The molecule has 0 aromatic rings. The first-order chi connectivity index (χ1) is 6.59. The molecule has 2 N–H and O–H groups in total. The molecule has 80 valence electrons. The van der Waals surface area contributed by atoms with Crippen molar-refractivity contribution >= 4 is 11.9 Å². The predicted octanol–water partition coefficient (Wildman–Crippen LogP) is -0.123. The summed E-state index contributed by atoms with van der Waals surface area (Å²) in [6.07, 6.45) is 1.63. The number of hydrogen-bond acceptors (Lipinski definition) is 3.